The first-order chi connectivity index (χ1) is 13.5. The molecule has 4 amide bonds. The van der Waals surface area contributed by atoms with Crippen molar-refractivity contribution in [3.63, 3.8) is 0 Å². The van der Waals surface area contributed by atoms with Crippen molar-refractivity contribution in [3.8, 4) is 11.5 Å². The van der Waals surface area contributed by atoms with Crippen molar-refractivity contribution in [3.05, 3.63) is 63.6 Å². The number of hydrogen-bond donors (Lipinski definition) is 2. The Morgan fingerprint density at radius 1 is 1.00 bits per heavy atom. The van der Waals surface area contributed by atoms with Gasteiger partial charge in [-0.3, -0.25) is 20.2 Å². The van der Waals surface area contributed by atoms with E-state index in [1.54, 1.807) is 12.1 Å². The van der Waals surface area contributed by atoms with Crippen LogP contribution in [0.1, 0.15) is 18.1 Å². The summed E-state index contributed by atoms with van der Waals surface area (Å²) in [5.74, 6) is -0.535. The molecule has 1 heterocycles. The lowest BCUT2D eigenvalue weighted by atomic mass is 10.1. The number of carbonyl (C=O) groups excluding carboxylic acids is 3. The van der Waals surface area contributed by atoms with Crippen LogP contribution in [0.2, 0.25) is 0 Å². The smallest absolute Gasteiger partial charge is 0.328 e. The molecule has 1 aliphatic heterocycles. The molecular weight excluding hydrogens is 428 g/mol. The summed E-state index contributed by atoms with van der Waals surface area (Å²) in [5, 5.41) is 4.08. The van der Waals surface area contributed by atoms with Crippen LogP contribution < -0.4 is 20.1 Å². The SMILES string of the molecule is CCOc1cc(C=C2C(=O)NC(=O)NC2=O)cc(Br)c1OCc1ccccc1. The number of barbiturate groups is 1. The van der Waals surface area contributed by atoms with Gasteiger partial charge in [0.15, 0.2) is 11.5 Å². The zero-order chi connectivity index (χ0) is 20.1. The van der Waals surface area contributed by atoms with Gasteiger partial charge in [-0.05, 0) is 52.2 Å². The average molecular weight is 445 g/mol. The summed E-state index contributed by atoms with van der Waals surface area (Å²) in [6.45, 7) is 2.60. The summed E-state index contributed by atoms with van der Waals surface area (Å²) in [6, 6.07) is 12.2. The minimum absolute atomic E-state index is 0.174. The number of halogens is 1. The van der Waals surface area contributed by atoms with E-state index in [1.165, 1.54) is 6.08 Å². The molecule has 0 bridgehead atoms. The van der Waals surface area contributed by atoms with Crippen molar-refractivity contribution in [2.75, 3.05) is 6.61 Å². The van der Waals surface area contributed by atoms with E-state index in [2.05, 4.69) is 15.9 Å². The van der Waals surface area contributed by atoms with Gasteiger partial charge < -0.3 is 9.47 Å². The van der Waals surface area contributed by atoms with E-state index in [4.69, 9.17) is 9.47 Å². The first-order valence-corrected chi connectivity index (χ1v) is 9.28. The summed E-state index contributed by atoms with van der Waals surface area (Å²) >= 11 is 3.46. The average Bonchev–Trinajstić information content (AvgIpc) is 2.65. The molecule has 1 saturated heterocycles. The summed E-state index contributed by atoms with van der Waals surface area (Å²) in [7, 11) is 0. The Kier molecular flexibility index (Phi) is 6.10. The highest BCUT2D eigenvalue weighted by molar-refractivity contribution is 9.10. The van der Waals surface area contributed by atoms with Crippen LogP contribution in [0.3, 0.4) is 0 Å². The standard InChI is InChI=1S/C20H17BrN2O5/c1-2-27-16-10-13(8-14-18(24)22-20(26)23-19(14)25)9-15(21)17(16)28-11-12-6-4-3-5-7-12/h3-10H,2,11H2,1H3,(H2,22,23,24,25,26). The highest BCUT2D eigenvalue weighted by atomic mass is 79.9. The maximum absolute atomic E-state index is 11.9. The van der Waals surface area contributed by atoms with Crippen LogP contribution in [0.25, 0.3) is 6.08 Å². The molecule has 8 heteroatoms. The summed E-state index contributed by atoms with van der Waals surface area (Å²) < 4.78 is 12.2. The van der Waals surface area contributed by atoms with Gasteiger partial charge in [-0.2, -0.15) is 0 Å². The number of hydrogen-bond acceptors (Lipinski definition) is 5. The second kappa shape index (κ2) is 8.71. The van der Waals surface area contributed by atoms with Gasteiger partial charge in [-0.15, -0.1) is 0 Å². The maximum Gasteiger partial charge on any atom is 0.328 e. The fourth-order valence-electron chi connectivity index (χ4n) is 2.58. The Bertz CT molecular complexity index is 935. The summed E-state index contributed by atoms with van der Waals surface area (Å²) in [5.41, 5.74) is 1.37. The molecule has 0 saturated carbocycles. The van der Waals surface area contributed by atoms with Crippen LogP contribution in [0, 0.1) is 0 Å². The van der Waals surface area contributed by atoms with E-state index in [1.807, 2.05) is 47.9 Å². The van der Waals surface area contributed by atoms with E-state index >= 15 is 0 Å². The highest BCUT2D eigenvalue weighted by Gasteiger charge is 2.27. The largest absolute Gasteiger partial charge is 0.490 e. The van der Waals surface area contributed by atoms with Crippen molar-refractivity contribution in [2.24, 2.45) is 0 Å². The molecule has 3 rings (SSSR count). The predicted molar refractivity (Wildman–Crippen MR) is 106 cm³/mol. The van der Waals surface area contributed by atoms with Crippen LogP contribution in [-0.4, -0.2) is 24.5 Å². The molecule has 0 aromatic heterocycles. The molecule has 0 atom stereocenters. The number of benzene rings is 2. The molecule has 0 aliphatic carbocycles. The van der Waals surface area contributed by atoms with Crippen molar-refractivity contribution >= 4 is 39.9 Å². The first-order valence-electron chi connectivity index (χ1n) is 8.49. The Morgan fingerprint density at radius 2 is 1.68 bits per heavy atom. The summed E-state index contributed by atoms with van der Waals surface area (Å²) in [4.78, 5) is 35.0. The van der Waals surface area contributed by atoms with Gasteiger partial charge in [0.05, 0.1) is 11.1 Å². The fraction of sp³-hybridized carbons (Fsp3) is 0.150. The Balaban J connectivity index is 1.90. The second-order valence-electron chi connectivity index (χ2n) is 5.83. The van der Waals surface area contributed by atoms with Gasteiger partial charge in [0.2, 0.25) is 0 Å². The quantitative estimate of drug-likeness (QED) is 0.527. The van der Waals surface area contributed by atoms with Crippen LogP contribution in [0.5, 0.6) is 11.5 Å². The molecule has 1 fully saturated rings. The minimum Gasteiger partial charge on any atom is -0.490 e. The number of amides is 4. The number of rotatable bonds is 6. The van der Waals surface area contributed by atoms with Gasteiger partial charge in [0, 0.05) is 0 Å². The predicted octanol–water partition coefficient (Wildman–Crippen LogP) is 3.18. The molecule has 7 nitrogen and oxygen atoms in total. The molecule has 0 spiro atoms. The topological polar surface area (TPSA) is 93.7 Å². The third kappa shape index (κ3) is 4.58. The van der Waals surface area contributed by atoms with Crippen molar-refractivity contribution in [1.29, 1.82) is 0 Å². The number of nitrogens with one attached hydrogen (secondary N) is 2. The summed E-state index contributed by atoms with van der Waals surface area (Å²) in [6.07, 6.45) is 1.38. The van der Waals surface area contributed by atoms with E-state index < -0.39 is 17.8 Å². The van der Waals surface area contributed by atoms with Gasteiger partial charge >= 0.3 is 6.03 Å². The van der Waals surface area contributed by atoms with Crippen LogP contribution in [-0.2, 0) is 16.2 Å². The highest BCUT2D eigenvalue weighted by Crippen LogP contribution is 2.38. The van der Waals surface area contributed by atoms with Crippen molar-refractivity contribution in [1.82, 2.24) is 10.6 Å². The molecule has 2 aromatic carbocycles. The number of ether oxygens (including phenoxy) is 2. The first kappa shape index (κ1) is 19.6. The number of urea groups is 1. The van der Waals surface area contributed by atoms with Crippen molar-refractivity contribution < 1.29 is 23.9 Å². The molecule has 2 N–H and O–H groups in total. The van der Waals surface area contributed by atoms with Crippen LogP contribution in [0.4, 0.5) is 4.79 Å². The van der Waals surface area contributed by atoms with E-state index in [0.29, 0.717) is 34.7 Å². The van der Waals surface area contributed by atoms with Gasteiger partial charge in [-0.25, -0.2) is 4.79 Å². The molecule has 28 heavy (non-hydrogen) atoms. The molecule has 0 radical (unpaired) electrons. The van der Waals surface area contributed by atoms with Crippen LogP contribution in [0.15, 0.2) is 52.5 Å². The van der Waals surface area contributed by atoms with Gasteiger partial charge in [0.25, 0.3) is 11.8 Å². The van der Waals surface area contributed by atoms with Gasteiger partial charge in [-0.1, -0.05) is 30.3 Å². The molecule has 144 valence electrons. The Hall–Kier alpha value is -3.13. The fourth-order valence-corrected chi connectivity index (χ4v) is 3.15. The maximum atomic E-state index is 11.9. The van der Waals surface area contributed by atoms with Crippen molar-refractivity contribution in [2.45, 2.75) is 13.5 Å². The lowest BCUT2D eigenvalue weighted by Gasteiger charge is -2.16. The Labute approximate surface area is 169 Å². The number of carbonyl (C=O) groups is 3. The number of imide groups is 2. The monoisotopic (exact) mass is 444 g/mol. The van der Waals surface area contributed by atoms with E-state index in [-0.39, 0.29) is 5.57 Å². The third-order valence-corrected chi connectivity index (χ3v) is 4.40. The van der Waals surface area contributed by atoms with E-state index in [9.17, 15) is 14.4 Å². The molecule has 1 aliphatic rings. The van der Waals surface area contributed by atoms with Gasteiger partial charge in [0.1, 0.15) is 12.2 Å². The lowest BCUT2D eigenvalue weighted by Crippen LogP contribution is -2.51. The molecule has 0 unspecified atom stereocenters. The second-order valence-corrected chi connectivity index (χ2v) is 6.69. The minimum atomic E-state index is -0.840. The normalized spacial score (nSPS) is 13.6. The third-order valence-electron chi connectivity index (χ3n) is 3.81. The van der Waals surface area contributed by atoms with Crippen LogP contribution >= 0.6 is 15.9 Å². The zero-order valence-corrected chi connectivity index (χ0v) is 16.5. The Morgan fingerprint density at radius 3 is 2.32 bits per heavy atom. The van der Waals surface area contributed by atoms with E-state index in [0.717, 1.165) is 5.56 Å². The molecule has 2 aromatic rings. The zero-order valence-electron chi connectivity index (χ0n) is 15.0. The molecular formula is C20H17BrN2O5. The lowest BCUT2D eigenvalue weighted by molar-refractivity contribution is -0.123.